The molecule has 164 valence electrons. The normalized spacial score (nSPS) is 20.0. The zero-order valence-corrected chi connectivity index (χ0v) is 18.6. The Bertz CT molecular complexity index is 926. The average Bonchev–Trinajstić information content (AvgIpc) is 2.80. The predicted molar refractivity (Wildman–Crippen MR) is 121 cm³/mol. The van der Waals surface area contributed by atoms with Crippen LogP contribution in [0.15, 0.2) is 48.5 Å². The van der Waals surface area contributed by atoms with Crippen molar-refractivity contribution in [2.24, 2.45) is 0 Å². The number of carbonyl (C=O) groups excluding carboxylic acids is 2. The average molecular weight is 442 g/mol. The van der Waals surface area contributed by atoms with Gasteiger partial charge in [-0.25, -0.2) is 0 Å². The minimum Gasteiger partial charge on any atom is -0.373 e. The van der Waals surface area contributed by atoms with Crippen molar-refractivity contribution < 1.29 is 14.3 Å². The summed E-state index contributed by atoms with van der Waals surface area (Å²) < 4.78 is 5.93. The molecule has 6 nitrogen and oxygen atoms in total. The molecule has 2 saturated heterocycles. The minimum atomic E-state index is -0.0487. The van der Waals surface area contributed by atoms with E-state index in [9.17, 15) is 9.59 Å². The van der Waals surface area contributed by atoms with Crippen LogP contribution in [0.1, 0.15) is 26.3 Å². The molecule has 0 radical (unpaired) electrons. The molecule has 0 bridgehead atoms. The summed E-state index contributed by atoms with van der Waals surface area (Å²) in [7, 11) is 0. The van der Waals surface area contributed by atoms with Crippen LogP contribution in [0, 0.1) is 6.92 Å². The van der Waals surface area contributed by atoms with Crippen LogP contribution in [0.3, 0.4) is 0 Å². The lowest BCUT2D eigenvalue weighted by Crippen LogP contribution is -2.54. The van der Waals surface area contributed by atoms with Gasteiger partial charge in [0.1, 0.15) is 0 Å². The highest BCUT2D eigenvalue weighted by atomic mass is 35.5. The smallest absolute Gasteiger partial charge is 0.255 e. The van der Waals surface area contributed by atoms with E-state index in [1.807, 2.05) is 53.1 Å². The van der Waals surface area contributed by atoms with Gasteiger partial charge >= 0.3 is 0 Å². The highest BCUT2D eigenvalue weighted by Gasteiger charge is 2.29. The van der Waals surface area contributed by atoms with Gasteiger partial charge < -0.3 is 14.5 Å². The highest BCUT2D eigenvalue weighted by Crippen LogP contribution is 2.19. The molecule has 0 N–H and O–H groups in total. The van der Waals surface area contributed by atoms with Crippen molar-refractivity contribution in [1.29, 1.82) is 0 Å². The van der Waals surface area contributed by atoms with Crippen LogP contribution >= 0.6 is 11.6 Å². The summed E-state index contributed by atoms with van der Waals surface area (Å²) in [6.45, 7) is 7.40. The van der Waals surface area contributed by atoms with E-state index in [-0.39, 0.29) is 17.9 Å². The van der Waals surface area contributed by atoms with E-state index in [0.717, 1.165) is 30.8 Å². The number of hydrogen-bond acceptors (Lipinski definition) is 4. The van der Waals surface area contributed by atoms with Crippen molar-refractivity contribution in [2.75, 3.05) is 52.4 Å². The molecular weight excluding hydrogens is 414 g/mol. The van der Waals surface area contributed by atoms with Gasteiger partial charge in [-0.1, -0.05) is 41.4 Å². The first-order valence-corrected chi connectivity index (χ1v) is 11.1. The fourth-order valence-electron chi connectivity index (χ4n) is 4.12. The first-order valence-electron chi connectivity index (χ1n) is 10.7. The lowest BCUT2D eigenvalue weighted by atomic mass is 10.1. The molecule has 0 aromatic heterocycles. The molecular formula is C24H28ClN3O3. The van der Waals surface area contributed by atoms with Crippen LogP contribution < -0.4 is 0 Å². The van der Waals surface area contributed by atoms with Gasteiger partial charge in [-0.05, 0) is 31.2 Å². The van der Waals surface area contributed by atoms with Gasteiger partial charge in [0, 0.05) is 51.4 Å². The van der Waals surface area contributed by atoms with Crippen molar-refractivity contribution >= 4 is 23.4 Å². The standard InChI is InChI=1S/C24H28ClN3O3/c1-18-6-8-19(9-7-18)23(29)27-12-10-26(11-13-27)16-20-17-28(14-15-31-20)24(30)21-4-2-3-5-22(21)25/h2-9,20H,10-17H2,1H3. The van der Waals surface area contributed by atoms with E-state index in [1.165, 1.54) is 0 Å². The summed E-state index contributed by atoms with van der Waals surface area (Å²) in [5.41, 5.74) is 2.42. The van der Waals surface area contributed by atoms with E-state index >= 15 is 0 Å². The number of nitrogens with zero attached hydrogens (tertiary/aromatic N) is 3. The molecule has 0 spiro atoms. The number of morpholine rings is 1. The quantitative estimate of drug-likeness (QED) is 0.732. The van der Waals surface area contributed by atoms with E-state index < -0.39 is 0 Å². The van der Waals surface area contributed by atoms with Gasteiger partial charge in [0.05, 0.1) is 23.3 Å². The summed E-state index contributed by atoms with van der Waals surface area (Å²) in [6.07, 6.45) is -0.0421. The van der Waals surface area contributed by atoms with Crippen LogP contribution in [0.5, 0.6) is 0 Å². The third-order valence-electron chi connectivity index (χ3n) is 5.95. The van der Waals surface area contributed by atoms with Crippen molar-refractivity contribution in [3.8, 4) is 0 Å². The molecule has 0 aliphatic carbocycles. The lowest BCUT2D eigenvalue weighted by molar-refractivity contribution is -0.0399. The molecule has 2 amide bonds. The van der Waals surface area contributed by atoms with Gasteiger partial charge in [-0.2, -0.15) is 0 Å². The molecule has 2 aromatic rings. The summed E-state index contributed by atoms with van der Waals surface area (Å²) in [5, 5.41) is 0.477. The third-order valence-corrected chi connectivity index (χ3v) is 6.28. The molecule has 2 aromatic carbocycles. The zero-order chi connectivity index (χ0) is 21.8. The largest absolute Gasteiger partial charge is 0.373 e. The molecule has 1 atom stereocenters. The SMILES string of the molecule is Cc1ccc(C(=O)N2CCN(CC3CN(C(=O)c4ccccc4Cl)CCO3)CC2)cc1. The second-order valence-electron chi connectivity index (χ2n) is 8.18. The number of halogens is 1. The number of ether oxygens (including phenoxy) is 1. The monoisotopic (exact) mass is 441 g/mol. The lowest BCUT2D eigenvalue weighted by Gasteiger charge is -2.39. The predicted octanol–water partition coefficient (Wildman–Crippen LogP) is 2.95. The maximum atomic E-state index is 12.9. The summed E-state index contributed by atoms with van der Waals surface area (Å²) in [4.78, 5) is 31.6. The summed E-state index contributed by atoms with van der Waals surface area (Å²) >= 11 is 6.20. The molecule has 2 fully saturated rings. The third kappa shape index (κ3) is 5.26. The fraction of sp³-hybridized carbons (Fsp3) is 0.417. The van der Waals surface area contributed by atoms with E-state index in [4.69, 9.17) is 16.3 Å². The Morgan fingerprint density at radius 2 is 1.65 bits per heavy atom. The second kappa shape index (κ2) is 9.81. The Hall–Kier alpha value is -2.41. The van der Waals surface area contributed by atoms with Crippen LogP contribution in [0.25, 0.3) is 0 Å². The number of carbonyl (C=O) groups is 2. The van der Waals surface area contributed by atoms with Crippen LogP contribution in [-0.2, 0) is 4.74 Å². The molecule has 0 saturated carbocycles. The van der Waals surface area contributed by atoms with Crippen molar-refractivity contribution in [3.05, 3.63) is 70.2 Å². The molecule has 2 heterocycles. The number of rotatable bonds is 4. The number of piperazine rings is 1. The van der Waals surface area contributed by atoms with E-state index in [2.05, 4.69) is 4.90 Å². The molecule has 2 aliphatic heterocycles. The Morgan fingerprint density at radius 1 is 0.935 bits per heavy atom. The first-order chi connectivity index (χ1) is 15.0. The topological polar surface area (TPSA) is 53.1 Å². The molecule has 1 unspecified atom stereocenters. The maximum Gasteiger partial charge on any atom is 0.255 e. The van der Waals surface area contributed by atoms with Crippen molar-refractivity contribution in [3.63, 3.8) is 0 Å². The number of aryl methyl sites for hydroxylation is 1. The van der Waals surface area contributed by atoms with Gasteiger partial charge in [0.25, 0.3) is 11.8 Å². The molecule has 4 rings (SSSR count). The summed E-state index contributed by atoms with van der Waals surface area (Å²) in [6, 6.07) is 14.9. The Morgan fingerprint density at radius 3 is 2.35 bits per heavy atom. The van der Waals surface area contributed by atoms with E-state index in [0.29, 0.717) is 43.4 Å². The number of hydrogen-bond donors (Lipinski definition) is 0. The first kappa shape index (κ1) is 21.8. The second-order valence-corrected chi connectivity index (χ2v) is 8.59. The fourth-order valence-corrected chi connectivity index (χ4v) is 4.34. The van der Waals surface area contributed by atoms with Gasteiger partial charge in [0.2, 0.25) is 0 Å². The van der Waals surface area contributed by atoms with Gasteiger partial charge in [-0.3, -0.25) is 14.5 Å². The molecule has 31 heavy (non-hydrogen) atoms. The Balaban J connectivity index is 1.28. The Kier molecular flexibility index (Phi) is 6.90. The Labute approximate surface area is 188 Å². The minimum absolute atomic E-state index is 0.0421. The summed E-state index contributed by atoms with van der Waals surface area (Å²) in [5.74, 6) is 0.0393. The van der Waals surface area contributed by atoms with Crippen molar-refractivity contribution in [2.45, 2.75) is 13.0 Å². The van der Waals surface area contributed by atoms with Crippen LogP contribution in [0.4, 0.5) is 0 Å². The number of benzene rings is 2. The van der Waals surface area contributed by atoms with Crippen LogP contribution in [0.2, 0.25) is 5.02 Å². The number of amides is 2. The molecule has 2 aliphatic rings. The van der Waals surface area contributed by atoms with Gasteiger partial charge in [0.15, 0.2) is 0 Å². The molecule has 7 heteroatoms. The van der Waals surface area contributed by atoms with Crippen LogP contribution in [-0.4, -0.2) is 85.0 Å². The van der Waals surface area contributed by atoms with E-state index in [1.54, 1.807) is 12.1 Å². The maximum absolute atomic E-state index is 12.9. The van der Waals surface area contributed by atoms with Crippen molar-refractivity contribution in [1.82, 2.24) is 14.7 Å². The zero-order valence-electron chi connectivity index (χ0n) is 17.8. The highest BCUT2D eigenvalue weighted by molar-refractivity contribution is 6.33. The van der Waals surface area contributed by atoms with Gasteiger partial charge in [-0.15, -0.1) is 0 Å².